The standard InChI is InChI=1S/C17H14BClO3/c19-16-8-9-17(15-7-2-1-6-14(15)16)22-11-12-4-3-5-13(10-12)18(20)21/h1-10,20-21H,11H2. The first-order chi connectivity index (χ1) is 10.6. The van der Waals surface area contributed by atoms with Gasteiger partial charge in [-0.25, -0.2) is 0 Å². The largest absolute Gasteiger partial charge is 0.488 e. The Balaban J connectivity index is 1.85. The molecule has 0 atom stereocenters. The van der Waals surface area contributed by atoms with E-state index in [1.807, 2.05) is 42.5 Å². The zero-order valence-electron chi connectivity index (χ0n) is 11.7. The molecule has 110 valence electrons. The number of ether oxygens (including phenoxy) is 1. The summed E-state index contributed by atoms with van der Waals surface area (Å²) in [6.45, 7) is 0.339. The van der Waals surface area contributed by atoms with E-state index < -0.39 is 7.12 Å². The lowest BCUT2D eigenvalue weighted by atomic mass is 9.80. The summed E-state index contributed by atoms with van der Waals surface area (Å²) in [5.74, 6) is 0.745. The summed E-state index contributed by atoms with van der Waals surface area (Å²) in [4.78, 5) is 0. The molecule has 0 saturated carbocycles. The Kier molecular flexibility index (Phi) is 4.34. The maximum Gasteiger partial charge on any atom is 0.488 e. The molecule has 0 aromatic heterocycles. The third kappa shape index (κ3) is 3.09. The van der Waals surface area contributed by atoms with Gasteiger partial charge in [0.2, 0.25) is 0 Å². The van der Waals surface area contributed by atoms with Crippen molar-refractivity contribution in [3.8, 4) is 5.75 Å². The van der Waals surface area contributed by atoms with Gasteiger partial charge in [0.1, 0.15) is 12.4 Å². The molecule has 5 heteroatoms. The van der Waals surface area contributed by atoms with E-state index in [4.69, 9.17) is 16.3 Å². The van der Waals surface area contributed by atoms with Crippen LogP contribution in [0.2, 0.25) is 5.02 Å². The fourth-order valence-corrected chi connectivity index (χ4v) is 2.59. The van der Waals surface area contributed by atoms with Crippen LogP contribution in [-0.2, 0) is 6.61 Å². The fourth-order valence-electron chi connectivity index (χ4n) is 2.37. The van der Waals surface area contributed by atoms with Crippen LogP contribution in [0.4, 0.5) is 0 Å². The molecule has 0 radical (unpaired) electrons. The number of benzene rings is 3. The summed E-state index contributed by atoms with van der Waals surface area (Å²) in [6.07, 6.45) is 0. The van der Waals surface area contributed by atoms with Crippen molar-refractivity contribution in [1.29, 1.82) is 0 Å². The number of hydrogen-bond donors (Lipinski definition) is 2. The van der Waals surface area contributed by atoms with E-state index in [1.165, 1.54) is 0 Å². The van der Waals surface area contributed by atoms with Gasteiger partial charge in [-0.05, 0) is 23.2 Å². The molecule has 3 nitrogen and oxygen atoms in total. The normalized spacial score (nSPS) is 10.7. The van der Waals surface area contributed by atoms with Crippen LogP contribution < -0.4 is 10.2 Å². The Morgan fingerprint density at radius 1 is 0.909 bits per heavy atom. The molecule has 0 aliphatic rings. The van der Waals surface area contributed by atoms with E-state index in [-0.39, 0.29) is 0 Å². The minimum absolute atomic E-state index is 0.339. The summed E-state index contributed by atoms with van der Waals surface area (Å²) in [7, 11) is -1.48. The SMILES string of the molecule is OB(O)c1cccc(COc2ccc(Cl)c3ccccc23)c1. The Morgan fingerprint density at radius 2 is 1.68 bits per heavy atom. The van der Waals surface area contributed by atoms with E-state index in [0.29, 0.717) is 17.1 Å². The second kappa shape index (κ2) is 6.40. The van der Waals surface area contributed by atoms with Crippen LogP contribution in [0, 0.1) is 0 Å². The van der Waals surface area contributed by atoms with Crippen molar-refractivity contribution in [2.24, 2.45) is 0 Å². The maximum atomic E-state index is 9.21. The van der Waals surface area contributed by atoms with E-state index in [2.05, 4.69) is 0 Å². The average Bonchev–Trinajstić information content (AvgIpc) is 2.55. The topological polar surface area (TPSA) is 49.7 Å². The predicted molar refractivity (Wildman–Crippen MR) is 89.6 cm³/mol. The van der Waals surface area contributed by atoms with Crippen LogP contribution in [0.15, 0.2) is 60.7 Å². The van der Waals surface area contributed by atoms with Crippen molar-refractivity contribution in [3.05, 3.63) is 71.2 Å². The van der Waals surface area contributed by atoms with Gasteiger partial charge in [0.25, 0.3) is 0 Å². The van der Waals surface area contributed by atoms with Crippen LogP contribution in [-0.4, -0.2) is 17.2 Å². The quantitative estimate of drug-likeness (QED) is 0.728. The Morgan fingerprint density at radius 3 is 2.45 bits per heavy atom. The third-order valence-corrected chi connectivity index (χ3v) is 3.80. The summed E-state index contributed by atoms with van der Waals surface area (Å²) < 4.78 is 5.87. The minimum Gasteiger partial charge on any atom is -0.488 e. The lowest BCUT2D eigenvalue weighted by Gasteiger charge is -2.11. The van der Waals surface area contributed by atoms with E-state index in [0.717, 1.165) is 22.1 Å². The lowest BCUT2D eigenvalue weighted by molar-refractivity contribution is 0.310. The monoisotopic (exact) mass is 312 g/mol. The second-order valence-electron chi connectivity index (χ2n) is 5.00. The van der Waals surface area contributed by atoms with E-state index >= 15 is 0 Å². The Hall–Kier alpha value is -2.01. The van der Waals surface area contributed by atoms with Crippen molar-refractivity contribution in [2.75, 3.05) is 0 Å². The van der Waals surface area contributed by atoms with Crippen molar-refractivity contribution in [2.45, 2.75) is 6.61 Å². The van der Waals surface area contributed by atoms with Crippen LogP contribution in [0.25, 0.3) is 10.8 Å². The van der Waals surface area contributed by atoms with Gasteiger partial charge >= 0.3 is 7.12 Å². The highest BCUT2D eigenvalue weighted by Crippen LogP contribution is 2.31. The Labute approximate surface area is 133 Å². The molecule has 22 heavy (non-hydrogen) atoms. The van der Waals surface area contributed by atoms with Gasteiger partial charge in [-0.1, -0.05) is 60.1 Å². The molecular formula is C17H14BClO3. The van der Waals surface area contributed by atoms with Gasteiger partial charge in [0.15, 0.2) is 0 Å². The van der Waals surface area contributed by atoms with Crippen molar-refractivity contribution in [1.82, 2.24) is 0 Å². The summed E-state index contributed by atoms with van der Waals surface area (Å²) in [6, 6.07) is 18.5. The molecule has 0 fully saturated rings. The molecule has 3 rings (SSSR count). The van der Waals surface area contributed by atoms with Gasteiger partial charge in [0.05, 0.1) is 0 Å². The first-order valence-corrected chi connectivity index (χ1v) is 7.28. The maximum absolute atomic E-state index is 9.21. The number of rotatable bonds is 4. The first kappa shape index (κ1) is 14.9. The van der Waals surface area contributed by atoms with Crippen LogP contribution in [0.3, 0.4) is 0 Å². The highest BCUT2D eigenvalue weighted by Gasteiger charge is 2.11. The molecule has 0 saturated heterocycles. The second-order valence-corrected chi connectivity index (χ2v) is 5.41. The molecule has 0 amide bonds. The van der Waals surface area contributed by atoms with Crippen molar-refractivity contribution in [3.63, 3.8) is 0 Å². The molecule has 3 aromatic rings. The molecular weight excluding hydrogens is 298 g/mol. The van der Waals surface area contributed by atoms with E-state index in [9.17, 15) is 10.0 Å². The lowest BCUT2D eigenvalue weighted by Crippen LogP contribution is -2.29. The van der Waals surface area contributed by atoms with Gasteiger partial charge in [0, 0.05) is 15.8 Å². The van der Waals surface area contributed by atoms with Gasteiger partial charge in [-0.2, -0.15) is 0 Å². The number of halogens is 1. The highest BCUT2D eigenvalue weighted by molar-refractivity contribution is 6.58. The zero-order chi connectivity index (χ0) is 15.5. The fraction of sp³-hybridized carbons (Fsp3) is 0.0588. The molecule has 2 N–H and O–H groups in total. The smallest absolute Gasteiger partial charge is 0.488 e. The number of fused-ring (bicyclic) bond motifs is 1. The molecule has 0 spiro atoms. The minimum atomic E-state index is -1.48. The van der Waals surface area contributed by atoms with Gasteiger partial charge in [-0.3, -0.25) is 0 Å². The van der Waals surface area contributed by atoms with Crippen molar-refractivity contribution < 1.29 is 14.8 Å². The molecule has 0 bridgehead atoms. The molecule has 0 heterocycles. The van der Waals surface area contributed by atoms with Gasteiger partial charge < -0.3 is 14.8 Å². The van der Waals surface area contributed by atoms with Crippen LogP contribution >= 0.6 is 11.6 Å². The first-order valence-electron chi connectivity index (χ1n) is 6.90. The summed E-state index contributed by atoms with van der Waals surface area (Å²) in [5, 5.41) is 21.0. The third-order valence-electron chi connectivity index (χ3n) is 3.47. The summed E-state index contributed by atoms with van der Waals surface area (Å²) in [5.41, 5.74) is 1.31. The van der Waals surface area contributed by atoms with Gasteiger partial charge in [-0.15, -0.1) is 0 Å². The predicted octanol–water partition coefficient (Wildman–Crippen LogP) is 2.75. The van der Waals surface area contributed by atoms with Crippen LogP contribution in [0.1, 0.15) is 5.56 Å². The Bertz CT molecular complexity index is 805. The molecule has 3 aromatic carbocycles. The average molecular weight is 313 g/mol. The molecule has 0 unspecified atom stereocenters. The molecule has 0 aliphatic heterocycles. The van der Waals surface area contributed by atoms with Crippen molar-refractivity contribution >= 4 is 35.0 Å². The molecule has 0 aliphatic carbocycles. The number of hydrogen-bond acceptors (Lipinski definition) is 3. The highest BCUT2D eigenvalue weighted by atomic mass is 35.5. The van der Waals surface area contributed by atoms with E-state index in [1.54, 1.807) is 18.2 Å². The van der Waals surface area contributed by atoms with Crippen LogP contribution in [0.5, 0.6) is 5.75 Å². The summed E-state index contributed by atoms with van der Waals surface area (Å²) >= 11 is 6.19. The zero-order valence-corrected chi connectivity index (χ0v) is 12.5.